The van der Waals surface area contributed by atoms with Crippen molar-refractivity contribution in [1.82, 2.24) is 14.5 Å². The highest BCUT2D eigenvalue weighted by Crippen LogP contribution is 2.37. The van der Waals surface area contributed by atoms with Crippen LogP contribution in [0.3, 0.4) is 0 Å². The fraction of sp³-hybridized carbons (Fsp3) is 0.407. The lowest BCUT2D eigenvalue weighted by Gasteiger charge is -2.28. The molecule has 2 amide bonds. The number of fused-ring (bicyclic) bond motifs is 2. The van der Waals surface area contributed by atoms with Gasteiger partial charge in [0.25, 0.3) is 5.91 Å². The highest BCUT2D eigenvalue weighted by Gasteiger charge is 2.55. The Morgan fingerprint density at radius 3 is 2.75 bits per heavy atom. The number of Topliss-reactive ketones (excluding diaryl/α,β-unsaturated/α-hetero) is 1. The molecular weight excluding hydrogens is 540 g/mol. The first kappa shape index (κ1) is 26.3. The molecule has 2 saturated heterocycles. The molecule has 3 unspecified atom stereocenters. The average molecular weight is 569 g/mol. The Bertz CT molecular complexity index is 1620. The molecule has 3 aromatic rings. The Morgan fingerprint density at radius 1 is 1.23 bits per heavy atom. The number of carbonyl (C=O) groups excluding carboxylic acids is 3. The lowest BCUT2D eigenvalue weighted by atomic mass is 10.1. The molecule has 13 heteroatoms. The number of amides is 2. The zero-order chi connectivity index (χ0) is 28.2. The van der Waals surface area contributed by atoms with Gasteiger partial charge in [-0.1, -0.05) is 12.8 Å². The number of nitrogens with one attached hydrogen (secondary N) is 1. The fourth-order valence-electron chi connectivity index (χ4n) is 5.66. The molecule has 0 bridgehead atoms. The number of hydrogen-bond donors (Lipinski definition) is 1. The minimum absolute atomic E-state index is 0.0452. The zero-order valence-electron chi connectivity index (χ0n) is 21.7. The summed E-state index contributed by atoms with van der Waals surface area (Å²) in [5.41, 5.74) is 0.497. The van der Waals surface area contributed by atoms with Crippen LogP contribution in [0.2, 0.25) is 0 Å². The van der Waals surface area contributed by atoms with Gasteiger partial charge < -0.3 is 24.6 Å². The van der Waals surface area contributed by atoms with E-state index in [9.17, 15) is 28.0 Å². The first-order valence-corrected chi connectivity index (χ1v) is 14.5. The first-order chi connectivity index (χ1) is 19.2. The van der Waals surface area contributed by atoms with E-state index in [0.29, 0.717) is 27.9 Å². The number of likely N-dealkylation sites (tertiary alicyclic amines) is 1. The Kier molecular flexibility index (Phi) is 6.50. The Labute approximate surface area is 230 Å². The van der Waals surface area contributed by atoms with Gasteiger partial charge in [0, 0.05) is 18.0 Å². The summed E-state index contributed by atoms with van der Waals surface area (Å²) in [6, 6.07) is 6.76. The van der Waals surface area contributed by atoms with Crippen molar-refractivity contribution in [2.75, 3.05) is 20.2 Å². The number of ketones is 1. The number of aromatic nitrogens is 1. The molecule has 210 valence electrons. The van der Waals surface area contributed by atoms with Crippen molar-refractivity contribution in [2.45, 2.75) is 48.7 Å². The molecule has 2 aliphatic heterocycles. The van der Waals surface area contributed by atoms with E-state index in [1.165, 1.54) is 23.2 Å². The maximum atomic E-state index is 13.8. The summed E-state index contributed by atoms with van der Waals surface area (Å²) in [4.78, 5) is 41.2. The highest BCUT2D eigenvalue weighted by molar-refractivity contribution is 7.89. The molecule has 1 aliphatic carbocycles. The molecule has 6 rings (SSSR count). The standard InChI is InChI=1S/C27H28N4O8S/c1-38-18-6-7-23-17(12-18)13-24(39-23)26(33)28-20(11-16-4-5-16)27(34)30-10-8-21-25(30)22(32)15-31(21)40(36,37)19-3-2-9-29(35)14-19/h2-3,6-7,9,12-14,16,20-21,25H,4-5,8,10-11,15H2,1H3,(H,28,33). The molecule has 3 atom stereocenters. The van der Waals surface area contributed by atoms with E-state index in [0.717, 1.165) is 23.3 Å². The van der Waals surface area contributed by atoms with Gasteiger partial charge in [0.1, 0.15) is 28.3 Å². The molecule has 40 heavy (non-hydrogen) atoms. The third kappa shape index (κ3) is 4.68. The maximum absolute atomic E-state index is 13.8. The third-order valence-electron chi connectivity index (χ3n) is 7.83. The molecule has 0 spiro atoms. The van der Waals surface area contributed by atoms with Gasteiger partial charge in [-0.15, -0.1) is 0 Å². The van der Waals surface area contributed by atoms with Gasteiger partial charge in [-0.3, -0.25) is 14.4 Å². The summed E-state index contributed by atoms with van der Waals surface area (Å²) in [5.74, 6) is -0.433. The van der Waals surface area contributed by atoms with Crippen molar-refractivity contribution in [3.05, 3.63) is 59.8 Å². The number of methoxy groups -OCH3 is 1. The number of rotatable bonds is 8. The second-order valence-corrected chi connectivity index (χ2v) is 12.4. The summed E-state index contributed by atoms with van der Waals surface area (Å²) in [7, 11) is -2.60. The van der Waals surface area contributed by atoms with Gasteiger partial charge in [0.2, 0.25) is 15.9 Å². The largest absolute Gasteiger partial charge is 0.619 e. The minimum Gasteiger partial charge on any atom is -0.619 e. The van der Waals surface area contributed by atoms with Crippen LogP contribution >= 0.6 is 0 Å². The normalized spacial score (nSPS) is 21.9. The molecule has 1 aromatic carbocycles. The van der Waals surface area contributed by atoms with Crippen molar-refractivity contribution in [3.8, 4) is 5.75 Å². The molecule has 1 N–H and O–H groups in total. The van der Waals surface area contributed by atoms with Crippen LogP contribution in [-0.4, -0.2) is 73.5 Å². The van der Waals surface area contributed by atoms with Crippen LogP contribution in [0.5, 0.6) is 5.75 Å². The lowest BCUT2D eigenvalue weighted by molar-refractivity contribution is -0.607. The predicted octanol–water partition coefficient (Wildman–Crippen LogP) is 1.22. The molecule has 0 radical (unpaired) electrons. The van der Waals surface area contributed by atoms with Gasteiger partial charge >= 0.3 is 0 Å². The SMILES string of the molecule is COc1ccc2oc(C(=O)NC(CC3CC3)C(=O)N3CCC4C3C(=O)CN4S(=O)(=O)c3ccc[n+]([O-])c3)cc2c1. The number of furan rings is 1. The Morgan fingerprint density at radius 2 is 2.02 bits per heavy atom. The van der Waals surface area contributed by atoms with Crippen molar-refractivity contribution in [2.24, 2.45) is 5.92 Å². The van der Waals surface area contributed by atoms with E-state index in [-0.39, 0.29) is 29.5 Å². The summed E-state index contributed by atoms with van der Waals surface area (Å²) in [5, 5.41) is 15.2. The Hall–Kier alpha value is -3.97. The third-order valence-corrected chi connectivity index (χ3v) is 9.69. The van der Waals surface area contributed by atoms with E-state index in [4.69, 9.17) is 9.15 Å². The van der Waals surface area contributed by atoms with Crippen LogP contribution in [0, 0.1) is 11.1 Å². The van der Waals surface area contributed by atoms with Gasteiger partial charge in [-0.2, -0.15) is 9.04 Å². The van der Waals surface area contributed by atoms with Gasteiger partial charge in [-0.25, -0.2) is 8.42 Å². The van der Waals surface area contributed by atoms with E-state index < -0.39 is 52.3 Å². The average Bonchev–Trinajstić information content (AvgIpc) is 3.33. The monoisotopic (exact) mass is 568 g/mol. The van der Waals surface area contributed by atoms with Crippen LogP contribution in [-0.2, 0) is 19.6 Å². The zero-order valence-corrected chi connectivity index (χ0v) is 22.5. The van der Waals surface area contributed by atoms with E-state index in [2.05, 4.69) is 5.32 Å². The highest BCUT2D eigenvalue weighted by atomic mass is 32.2. The molecule has 1 saturated carbocycles. The van der Waals surface area contributed by atoms with Gasteiger partial charge in [0.05, 0.1) is 19.7 Å². The number of pyridine rings is 1. The molecule has 12 nitrogen and oxygen atoms in total. The maximum Gasteiger partial charge on any atom is 0.287 e. The number of sulfonamides is 1. The first-order valence-electron chi connectivity index (χ1n) is 13.1. The second kappa shape index (κ2) is 9.89. The van der Waals surface area contributed by atoms with Crippen molar-refractivity contribution >= 4 is 38.6 Å². The van der Waals surface area contributed by atoms with Gasteiger partial charge in [-0.05, 0) is 49.1 Å². The molecule has 3 aliphatic rings. The van der Waals surface area contributed by atoms with Crippen LogP contribution in [0.15, 0.2) is 58.1 Å². The quantitative estimate of drug-likeness (QED) is 0.314. The summed E-state index contributed by atoms with van der Waals surface area (Å²) in [6.45, 7) is -0.221. The Balaban J connectivity index is 1.21. The molecule has 3 fully saturated rings. The van der Waals surface area contributed by atoms with Crippen LogP contribution in [0.1, 0.15) is 36.2 Å². The van der Waals surface area contributed by atoms with Crippen LogP contribution in [0.25, 0.3) is 11.0 Å². The predicted molar refractivity (Wildman–Crippen MR) is 140 cm³/mol. The molecular formula is C27H28N4O8S. The van der Waals surface area contributed by atoms with E-state index in [1.807, 2.05) is 0 Å². The number of ether oxygens (including phenoxy) is 1. The van der Waals surface area contributed by atoms with Crippen molar-refractivity contribution in [1.29, 1.82) is 0 Å². The smallest absolute Gasteiger partial charge is 0.287 e. The van der Waals surface area contributed by atoms with E-state index >= 15 is 0 Å². The lowest BCUT2D eigenvalue weighted by Crippen LogP contribution is -2.52. The molecule has 2 aromatic heterocycles. The van der Waals surface area contributed by atoms with Crippen LogP contribution in [0.4, 0.5) is 0 Å². The minimum atomic E-state index is -4.14. The topological polar surface area (TPSA) is 153 Å². The summed E-state index contributed by atoms with van der Waals surface area (Å²) >= 11 is 0. The van der Waals surface area contributed by atoms with Crippen LogP contribution < -0.4 is 14.8 Å². The summed E-state index contributed by atoms with van der Waals surface area (Å²) in [6.07, 6.45) is 4.68. The molecule has 4 heterocycles. The van der Waals surface area contributed by atoms with Crippen molar-refractivity contribution in [3.63, 3.8) is 0 Å². The van der Waals surface area contributed by atoms with Gasteiger partial charge in [0.15, 0.2) is 23.9 Å². The van der Waals surface area contributed by atoms with Crippen molar-refractivity contribution < 1.29 is 36.7 Å². The number of carbonyl (C=O) groups is 3. The number of benzene rings is 1. The fourth-order valence-corrected chi connectivity index (χ4v) is 7.29. The number of hydrogen-bond acceptors (Lipinski definition) is 8. The second-order valence-electron chi connectivity index (χ2n) is 10.5. The number of nitrogens with zero attached hydrogens (tertiary/aromatic N) is 3. The van der Waals surface area contributed by atoms with E-state index in [1.54, 1.807) is 31.4 Å². The summed E-state index contributed by atoms with van der Waals surface area (Å²) < 4.78 is 39.0.